The van der Waals surface area contributed by atoms with Gasteiger partial charge in [-0.15, -0.1) is 0 Å². The lowest BCUT2D eigenvalue weighted by Gasteiger charge is -2.36. The Morgan fingerprint density at radius 1 is 0.303 bits per heavy atom. The Morgan fingerprint density at radius 2 is 0.606 bits per heavy atom. The fourth-order valence-electron chi connectivity index (χ4n) is 4.53. The third kappa shape index (κ3) is 4.10. The van der Waals surface area contributed by atoms with Gasteiger partial charge in [0.05, 0.1) is 5.41 Å². The molecular formula is C33H24. The van der Waals surface area contributed by atoms with Gasteiger partial charge >= 0.3 is 0 Å². The Bertz CT molecular complexity index is 1260. The summed E-state index contributed by atoms with van der Waals surface area (Å²) in [6, 6.07) is 51.1. The largest absolute Gasteiger partial charge is 0.0701 e. The summed E-state index contributed by atoms with van der Waals surface area (Å²) < 4.78 is 0. The highest BCUT2D eigenvalue weighted by molar-refractivity contribution is 5.60. The molecule has 0 saturated carbocycles. The van der Waals surface area contributed by atoms with Crippen LogP contribution in [0.15, 0.2) is 146 Å². The third-order valence-electron chi connectivity index (χ3n) is 6.06. The van der Waals surface area contributed by atoms with E-state index < -0.39 is 5.41 Å². The molecule has 0 heterocycles. The van der Waals surface area contributed by atoms with Crippen molar-refractivity contribution in [3.63, 3.8) is 0 Å². The van der Waals surface area contributed by atoms with E-state index in [1.54, 1.807) is 0 Å². The summed E-state index contributed by atoms with van der Waals surface area (Å²) in [5.74, 6) is 6.57. The second-order valence-electron chi connectivity index (χ2n) is 8.04. The van der Waals surface area contributed by atoms with Crippen molar-refractivity contribution in [3.8, 4) is 11.8 Å². The highest BCUT2D eigenvalue weighted by atomic mass is 14.4. The van der Waals surface area contributed by atoms with Gasteiger partial charge < -0.3 is 0 Å². The summed E-state index contributed by atoms with van der Waals surface area (Å²) in [6.45, 7) is 0. The number of hydrogen-bond donors (Lipinski definition) is 0. The van der Waals surface area contributed by atoms with E-state index in [9.17, 15) is 0 Å². The zero-order valence-electron chi connectivity index (χ0n) is 18.4. The SMILES string of the molecule is C(#Cc1ccc(C(c2ccccc2)(c2ccccc2)c2ccccc2)cc1)c1ccccc1. The van der Waals surface area contributed by atoms with Crippen LogP contribution >= 0.6 is 0 Å². The zero-order valence-corrected chi connectivity index (χ0v) is 18.4. The van der Waals surface area contributed by atoms with Crippen molar-refractivity contribution in [2.45, 2.75) is 5.41 Å². The molecule has 0 aromatic heterocycles. The van der Waals surface area contributed by atoms with Crippen molar-refractivity contribution in [3.05, 3.63) is 179 Å². The van der Waals surface area contributed by atoms with Crippen molar-refractivity contribution in [1.29, 1.82) is 0 Å². The molecule has 0 radical (unpaired) electrons. The smallest absolute Gasteiger partial charge is 0.0622 e. The molecule has 0 unspecified atom stereocenters. The first-order valence-corrected chi connectivity index (χ1v) is 11.2. The normalized spacial score (nSPS) is 10.8. The van der Waals surface area contributed by atoms with Gasteiger partial charge in [0.1, 0.15) is 0 Å². The zero-order chi connectivity index (χ0) is 22.3. The number of benzene rings is 5. The molecule has 5 rings (SSSR count). The Labute approximate surface area is 196 Å². The summed E-state index contributed by atoms with van der Waals surface area (Å²) in [6.07, 6.45) is 0. The van der Waals surface area contributed by atoms with Gasteiger partial charge in [0.25, 0.3) is 0 Å². The van der Waals surface area contributed by atoms with Gasteiger partial charge in [0, 0.05) is 11.1 Å². The molecule has 0 bridgehead atoms. The fourth-order valence-corrected chi connectivity index (χ4v) is 4.53. The van der Waals surface area contributed by atoms with Crippen LogP contribution in [0.4, 0.5) is 0 Å². The minimum atomic E-state index is -0.421. The second kappa shape index (κ2) is 9.43. The average Bonchev–Trinajstić information content (AvgIpc) is 2.91. The highest BCUT2D eigenvalue weighted by Crippen LogP contribution is 2.44. The molecule has 33 heavy (non-hydrogen) atoms. The van der Waals surface area contributed by atoms with Gasteiger partial charge in [-0.3, -0.25) is 0 Å². The van der Waals surface area contributed by atoms with E-state index in [1.165, 1.54) is 22.3 Å². The molecule has 0 spiro atoms. The maximum absolute atomic E-state index is 3.31. The van der Waals surface area contributed by atoms with E-state index >= 15 is 0 Å². The predicted molar refractivity (Wildman–Crippen MR) is 137 cm³/mol. The molecule has 0 saturated heterocycles. The maximum atomic E-state index is 3.31. The Kier molecular flexibility index (Phi) is 5.87. The van der Waals surface area contributed by atoms with Crippen molar-refractivity contribution >= 4 is 0 Å². The van der Waals surface area contributed by atoms with E-state index in [2.05, 4.69) is 127 Å². The van der Waals surface area contributed by atoms with Crippen LogP contribution < -0.4 is 0 Å². The quantitative estimate of drug-likeness (QED) is 0.209. The van der Waals surface area contributed by atoms with Gasteiger partial charge in [-0.1, -0.05) is 133 Å². The summed E-state index contributed by atoms with van der Waals surface area (Å²) in [7, 11) is 0. The van der Waals surface area contributed by atoms with Crippen LogP contribution in [0.5, 0.6) is 0 Å². The van der Waals surface area contributed by atoms with Crippen LogP contribution in [-0.2, 0) is 5.41 Å². The molecule has 0 amide bonds. The number of rotatable bonds is 4. The molecular weight excluding hydrogens is 396 g/mol. The Balaban J connectivity index is 1.69. The molecule has 0 aliphatic rings. The molecule has 156 valence electrons. The van der Waals surface area contributed by atoms with Crippen molar-refractivity contribution in [2.24, 2.45) is 0 Å². The van der Waals surface area contributed by atoms with Gasteiger partial charge in [0.15, 0.2) is 0 Å². The molecule has 0 nitrogen and oxygen atoms in total. The Morgan fingerprint density at radius 3 is 1.00 bits per heavy atom. The molecule has 5 aromatic rings. The highest BCUT2D eigenvalue weighted by Gasteiger charge is 2.37. The molecule has 0 aliphatic heterocycles. The summed E-state index contributed by atoms with van der Waals surface area (Å²) in [5.41, 5.74) is 6.55. The lowest BCUT2D eigenvalue weighted by atomic mass is 9.65. The van der Waals surface area contributed by atoms with E-state index in [1.807, 2.05) is 30.3 Å². The van der Waals surface area contributed by atoms with E-state index in [-0.39, 0.29) is 0 Å². The fraction of sp³-hybridized carbons (Fsp3) is 0.0303. The molecule has 5 aromatic carbocycles. The maximum Gasteiger partial charge on any atom is 0.0701 e. The first-order valence-electron chi connectivity index (χ1n) is 11.2. The first kappa shape index (κ1) is 20.6. The van der Waals surface area contributed by atoms with Crippen molar-refractivity contribution in [1.82, 2.24) is 0 Å². The predicted octanol–water partition coefficient (Wildman–Crippen LogP) is 7.47. The van der Waals surface area contributed by atoms with Crippen LogP contribution in [0.2, 0.25) is 0 Å². The van der Waals surface area contributed by atoms with Crippen LogP contribution in [0.25, 0.3) is 0 Å². The van der Waals surface area contributed by atoms with Crippen LogP contribution in [-0.4, -0.2) is 0 Å². The van der Waals surface area contributed by atoms with Crippen molar-refractivity contribution < 1.29 is 0 Å². The van der Waals surface area contributed by atoms with E-state index in [0.29, 0.717) is 0 Å². The topological polar surface area (TPSA) is 0 Å². The molecule has 0 aliphatic carbocycles. The van der Waals surface area contributed by atoms with Gasteiger partial charge in [0.2, 0.25) is 0 Å². The standard InChI is InChI=1S/C33H24/c1-5-13-27(14-6-1)21-22-28-23-25-32(26-24-28)33(29-15-7-2-8-16-29,30-17-9-3-10-18-30)31-19-11-4-12-20-31/h1-20,23-26H. The minimum absolute atomic E-state index is 0.421. The average molecular weight is 421 g/mol. The molecule has 0 fully saturated rings. The second-order valence-corrected chi connectivity index (χ2v) is 8.04. The monoisotopic (exact) mass is 420 g/mol. The summed E-state index contributed by atoms with van der Waals surface area (Å²) in [5, 5.41) is 0. The van der Waals surface area contributed by atoms with E-state index in [0.717, 1.165) is 11.1 Å². The number of hydrogen-bond acceptors (Lipinski definition) is 0. The molecule has 0 atom stereocenters. The summed E-state index contributed by atoms with van der Waals surface area (Å²) in [4.78, 5) is 0. The van der Waals surface area contributed by atoms with Gasteiger partial charge in [-0.2, -0.15) is 0 Å². The van der Waals surface area contributed by atoms with Crippen LogP contribution in [0, 0.1) is 11.8 Å². The summed E-state index contributed by atoms with van der Waals surface area (Å²) >= 11 is 0. The lowest BCUT2D eigenvalue weighted by Crippen LogP contribution is -2.30. The van der Waals surface area contributed by atoms with Gasteiger partial charge in [-0.05, 0) is 46.5 Å². The lowest BCUT2D eigenvalue weighted by molar-refractivity contribution is 0.745. The van der Waals surface area contributed by atoms with E-state index in [4.69, 9.17) is 0 Å². The van der Waals surface area contributed by atoms with Gasteiger partial charge in [-0.25, -0.2) is 0 Å². The van der Waals surface area contributed by atoms with Crippen LogP contribution in [0.3, 0.4) is 0 Å². The first-order chi connectivity index (χ1) is 16.4. The van der Waals surface area contributed by atoms with Crippen molar-refractivity contribution in [2.75, 3.05) is 0 Å². The molecule has 0 N–H and O–H groups in total. The molecule has 0 heteroatoms. The third-order valence-corrected chi connectivity index (χ3v) is 6.06. The Hall–Kier alpha value is -4.34. The van der Waals surface area contributed by atoms with Crippen LogP contribution in [0.1, 0.15) is 33.4 Å². The minimum Gasteiger partial charge on any atom is -0.0622 e.